The molecule has 1 aromatic carbocycles. The molecule has 6 heteroatoms. The monoisotopic (exact) mass is 272 g/mol. The third-order valence-corrected chi connectivity index (χ3v) is 2.81. The smallest absolute Gasteiger partial charge is 0.150 e. The zero-order chi connectivity index (χ0) is 13.6. The Morgan fingerprint density at radius 2 is 2.11 bits per heavy atom. The van der Waals surface area contributed by atoms with E-state index in [2.05, 4.69) is 11.8 Å². The number of sulfone groups is 1. The molecule has 0 saturated carbocycles. The van der Waals surface area contributed by atoms with Gasteiger partial charge in [0.1, 0.15) is 24.8 Å². The van der Waals surface area contributed by atoms with Crippen molar-refractivity contribution in [2.24, 2.45) is 0 Å². The van der Waals surface area contributed by atoms with E-state index in [0.717, 1.165) is 12.3 Å². The third kappa shape index (κ3) is 5.66. The molecule has 4 nitrogen and oxygen atoms in total. The van der Waals surface area contributed by atoms with Gasteiger partial charge in [-0.3, -0.25) is 0 Å². The maximum Gasteiger partial charge on any atom is 0.150 e. The molecule has 0 heterocycles. The highest BCUT2D eigenvalue weighted by Crippen LogP contribution is 2.15. The maximum atomic E-state index is 13.2. The van der Waals surface area contributed by atoms with Crippen LogP contribution in [-0.4, -0.2) is 38.7 Å². The van der Waals surface area contributed by atoms with Crippen LogP contribution in [0.25, 0.3) is 0 Å². The second kappa shape index (κ2) is 6.38. The molecule has 0 aliphatic heterocycles. The molecule has 1 rings (SSSR count). The number of halogens is 1. The first-order valence-corrected chi connectivity index (χ1v) is 7.17. The molecule has 0 fully saturated rings. The summed E-state index contributed by atoms with van der Waals surface area (Å²) in [6, 6.07) is 3.83. The SMILES string of the molecule is CS(=O)(=O)CCOc1cc(F)cc(C#CCO)c1. The van der Waals surface area contributed by atoms with Gasteiger partial charge in [-0.1, -0.05) is 11.8 Å². The van der Waals surface area contributed by atoms with E-state index in [0.29, 0.717) is 5.56 Å². The summed E-state index contributed by atoms with van der Waals surface area (Å²) in [4.78, 5) is 0. The Hall–Kier alpha value is -1.58. The summed E-state index contributed by atoms with van der Waals surface area (Å²) < 4.78 is 40.1. The van der Waals surface area contributed by atoms with Crippen LogP contribution in [0.1, 0.15) is 5.56 Å². The van der Waals surface area contributed by atoms with Crippen molar-refractivity contribution < 1.29 is 22.7 Å². The molecule has 0 saturated heterocycles. The van der Waals surface area contributed by atoms with Crippen LogP contribution in [0.4, 0.5) is 4.39 Å². The molecule has 1 N–H and O–H groups in total. The molecule has 0 aliphatic rings. The first kappa shape index (κ1) is 14.5. The average molecular weight is 272 g/mol. The zero-order valence-corrected chi connectivity index (χ0v) is 10.6. The average Bonchev–Trinajstić information content (AvgIpc) is 2.24. The minimum atomic E-state index is -3.11. The predicted octanol–water partition coefficient (Wildman–Crippen LogP) is 0.593. The van der Waals surface area contributed by atoms with Crippen molar-refractivity contribution in [3.8, 4) is 17.6 Å². The predicted molar refractivity (Wildman–Crippen MR) is 65.6 cm³/mol. The lowest BCUT2D eigenvalue weighted by molar-refractivity contribution is 0.339. The molecule has 18 heavy (non-hydrogen) atoms. The molecular weight excluding hydrogens is 259 g/mol. The van der Waals surface area contributed by atoms with Crippen LogP contribution in [0.15, 0.2) is 18.2 Å². The van der Waals surface area contributed by atoms with Gasteiger partial charge in [-0.2, -0.15) is 0 Å². The lowest BCUT2D eigenvalue weighted by Crippen LogP contribution is -2.12. The van der Waals surface area contributed by atoms with Gasteiger partial charge in [-0.05, 0) is 12.1 Å². The molecule has 0 radical (unpaired) electrons. The van der Waals surface area contributed by atoms with Crippen molar-refractivity contribution in [2.75, 3.05) is 25.2 Å². The fourth-order valence-corrected chi connectivity index (χ4v) is 1.56. The quantitative estimate of drug-likeness (QED) is 0.815. The van der Waals surface area contributed by atoms with Crippen LogP contribution in [0.3, 0.4) is 0 Å². The van der Waals surface area contributed by atoms with E-state index < -0.39 is 15.7 Å². The van der Waals surface area contributed by atoms with E-state index in [-0.39, 0.29) is 24.7 Å². The summed E-state index contributed by atoms with van der Waals surface area (Å²) in [5, 5.41) is 8.53. The van der Waals surface area contributed by atoms with Gasteiger partial charge in [0.2, 0.25) is 0 Å². The standard InChI is InChI=1S/C12H13FO4S/c1-18(15,16)6-5-17-12-8-10(3-2-4-14)7-11(13)9-12/h7-9,14H,4-6H2,1H3. The van der Waals surface area contributed by atoms with Crippen molar-refractivity contribution >= 4 is 9.84 Å². The van der Waals surface area contributed by atoms with Gasteiger partial charge in [-0.15, -0.1) is 0 Å². The summed E-state index contributed by atoms with van der Waals surface area (Å²) in [7, 11) is -3.11. The van der Waals surface area contributed by atoms with Gasteiger partial charge in [0.15, 0.2) is 9.84 Å². The first-order chi connectivity index (χ1) is 8.40. The zero-order valence-electron chi connectivity index (χ0n) is 9.81. The molecule has 98 valence electrons. The Bertz CT molecular complexity index is 569. The van der Waals surface area contributed by atoms with Crippen LogP contribution in [0.2, 0.25) is 0 Å². The van der Waals surface area contributed by atoms with Gasteiger partial charge < -0.3 is 9.84 Å². The summed E-state index contributed by atoms with van der Waals surface area (Å²) in [6.07, 6.45) is 1.10. The Labute approximate surface area is 105 Å². The first-order valence-electron chi connectivity index (χ1n) is 5.11. The van der Waals surface area contributed by atoms with Gasteiger partial charge in [-0.25, -0.2) is 12.8 Å². The Kier molecular flexibility index (Phi) is 5.13. The lowest BCUT2D eigenvalue weighted by Gasteiger charge is -2.06. The van der Waals surface area contributed by atoms with Crippen LogP contribution < -0.4 is 4.74 Å². The minimum Gasteiger partial charge on any atom is -0.492 e. The third-order valence-electron chi connectivity index (χ3n) is 1.91. The largest absolute Gasteiger partial charge is 0.492 e. The molecule has 0 aromatic heterocycles. The van der Waals surface area contributed by atoms with Gasteiger partial charge in [0.25, 0.3) is 0 Å². The fraction of sp³-hybridized carbons (Fsp3) is 0.333. The van der Waals surface area contributed by atoms with Crippen LogP contribution in [0, 0.1) is 17.7 Å². The minimum absolute atomic E-state index is 0.0465. The summed E-state index contributed by atoms with van der Waals surface area (Å²) in [5.41, 5.74) is 0.360. The number of benzene rings is 1. The highest BCUT2D eigenvalue weighted by molar-refractivity contribution is 7.90. The second-order valence-corrected chi connectivity index (χ2v) is 5.87. The highest BCUT2D eigenvalue weighted by Gasteiger charge is 2.04. The number of hydrogen-bond donors (Lipinski definition) is 1. The Morgan fingerprint density at radius 1 is 1.39 bits per heavy atom. The van der Waals surface area contributed by atoms with E-state index in [1.54, 1.807) is 0 Å². The number of ether oxygens (including phenoxy) is 1. The van der Waals surface area contributed by atoms with E-state index in [1.807, 2.05) is 0 Å². The van der Waals surface area contributed by atoms with Crippen molar-refractivity contribution in [3.05, 3.63) is 29.6 Å². The molecule has 0 atom stereocenters. The van der Waals surface area contributed by atoms with E-state index in [4.69, 9.17) is 9.84 Å². The Balaban J connectivity index is 2.74. The topological polar surface area (TPSA) is 63.6 Å². The van der Waals surface area contributed by atoms with Crippen molar-refractivity contribution in [1.82, 2.24) is 0 Å². The van der Waals surface area contributed by atoms with Crippen molar-refractivity contribution in [1.29, 1.82) is 0 Å². The summed E-state index contributed by atoms with van der Waals surface area (Å²) >= 11 is 0. The molecule has 0 amide bonds. The fourth-order valence-electron chi connectivity index (χ4n) is 1.17. The van der Waals surface area contributed by atoms with Crippen LogP contribution in [-0.2, 0) is 9.84 Å². The molecule has 0 spiro atoms. The van der Waals surface area contributed by atoms with Gasteiger partial charge in [0.05, 0.1) is 5.75 Å². The van der Waals surface area contributed by atoms with Crippen LogP contribution >= 0.6 is 0 Å². The molecule has 0 unspecified atom stereocenters. The van der Waals surface area contributed by atoms with Crippen molar-refractivity contribution in [3.63, 3.8) is 0 Å². The lowest BCUT2D eigenvalue weighted by atomic mass is 10.2. The van der Waals surface area contributed by atoms with Crippen molar-refractivity contribution in [2.45, 2.75) is 0 Å². The van der Waals surface area contributed by atoms with Crippen LogP contribution in [0.5, 0.6) is 5.75 Å². The normalized spacial score (nSPS) is 10.6. The summed E-state index contributed by atoms with van der Waals surface area (Å²) in [6.45, 7) is -0.365. The maximum absolute atomic E-state index is 13.2. The molecule has 1 aromatic rings. The van der Waals surface area contributed by atoms with E-state index in [1.165, 1.54) is 12.1 Å². The second-order valence-electron chi connectivity index (χ2n) is 3.61. The molecular formula is C12H13FO4S. The van der Waals surface area contributed by atoms with E-state index in [9.17, 15) is 12.8 Å². The Morgan fingerprint density at radius 3 is 2.72 bits per heavy atom. The van der Waals surface area contributed by atoms with Gasteiger partial charge in [0, 0.05) is 17.9 Å². The van der Waals surface area contributed by atoms with Gasteiger partial charge >= 0.3 is 0 Å². The molecule has 0 bridgehead atoms. The number of aliphatic hydroxyl groups excluding tert-OH is 1. The highest BCUT2D eigenvalue weighted by atomic mass is 32.2. The number of aliphatic hydroxyl groups is 1. The summed E-state index contributed by atoms with van der Waals surface area (Å²) in [5.74, 6) is 4.47. The number of hydrogen-bond acceptors (Lipinski definition) is 4. The van der Waals surface area contributed by atoms with E-state index >= 15 is 0 Å². The number of rotatable bonds is 4. The molecule has 0 aliphatic carbocycles.